The first kappa shape index (κ1) is 16.2. The van der Waals surface area contributed by atoms with Gasteiger partial charge in [-0.2, -0.15) is 0 Å². The number of hydrogen-bond donors (Lipinski definition) is 0. The van der Waals surface area contributed by atoms with Gasteiger partial charge in [-0.25, -0.2) is 9.97 Å². The molecular weight excluding hydrogens is 320 g/mol. The van der Waals surface area contributed by atoms with Crippen molar-refractivity contribution in [2.75, 3.05) is 39.4 Å². The Morgan fingerprint density at radius 1 is 1.20 bits per heavy atom. The molecule has 132 valence electrons. The molecule has 1 unspecified atom stereocenters. The molecule has 0 aromatic carbocycles. The molecule has 0 spiro atoms. The van der Waals surface area contributed by atoms with Crippen molar-refractivity contribution in [3.63, 3.8) is 0 Å². The lowest BCUT2D eigenvalue weighted by Gasteiger charge is -2.30. The minimum absolute atomic E-state index is 0.140. The maximum Gasteiger partial charge on any atom is 0.236 e. The molecule has 4 rings (SSSR count). The minimum Gasteiger partial charge on any atom is -0.378 e. The Morgan fingerprint density at radius 3 is 2.88 bits per heavy atom. The number of aromatic nitrogens is 4. The van der Waals surface area contributed by atoms with E-state index in [2.05, 4.69) is 14.9 Å². The van der Waals surface area contributed by atoms with Crippen LogP contribution in [0.4, 0.5) is 0 Å². The first-order chi connectivity index (χ1) is 12.3. The fourth-order valence-corrected chi connectivity index (χ4v) is 3.49. The second kappa shape index (κ2) is 7.28. The zero-order valence-corrected chi connectivity index (χ0v) is 14.1. The highest BCUT2D eigenvalue weighted by Crippen LogP contribution is 2.30. The number of hydrogen-bond acceptors (Lipinski definition) is 6. The SMILES string of the molecule is O=C(CN1CCCC1c1cncc(-n2ccnc2)n1)N1CCOCC1. The minimum atomic E-state index is 0.140. The van der Waals surface area contributed by atoms with Crippen LogP contribution in [0.3, 0.4) is 0 Å². The van der Waals surface area contributed by atoms with E-state index >= 15 is 0 Å². The van der Waals surface area contributed by atoms with Gasteiger partial charge in [-0.3, -0.25) is 19.2 Å². The summed E-state index contributed by atoms with van der Waals surface area (Å²) in [5, 5.41) is 0. The van der Waals surface area contributed by atoms with E-state index in [0.717, 1.165) is 30.9 Å². The topological polar surface area (TPSA) is 76.4 Å². The van der Waals surface area contributed by atoms with E-state index in [1.807, 2.05) is 21.9 Å². The fourth-order valence-electron chi connectivity index (χ4n) is 3.49. The predicted octanol–water partition coefficient (Wildman–Crippen LogP) is 0.658. The van der Waals surface area contributed by atoms with Crippen LogP contribution in [0.1, 0.15) is 24.6 Å². The maximum atomic E-state index is 12.6. The smallest absolute Gasteiger partial charge is 0.236 e. The number of likely N-dealkylation sites (tertiary alicyclic amines) is 1. The average molecular weight is 342 g/mol. The van der Waals surface area contributed by atoms with Gasteiger partial charge in [0.15, 0.2) is 5.82 Å². The number of morpholine rings is 1. The van der Waals surface area contributed by atoms with Gasteiger partial charge in [-0.15, -0.1) is 0 Å². The lowest BCUT2D eigenvalue weighted by molar-refractivity contribution is -0.136. The molecule has 2 aliphatic heterocycles. The molecule has 2 aromatic heterocycles. The molecule has 0 radical (unpaired) electrons. The van der Waals surface area contributed by atoms with Gasteiger partial charge in [-0.1, -0.05) is 0 Å². The van der Waals surface area contributed by atoms with Gasteiger partial charge in [0, 0.05) is 25.5 Å². The molecule has 1 amide bonds. The molecule has 2 aliphatic rings. The normalized spacial score (nSPS) is 21.6. The Balaban J connectivity index is 1.48. The molecule has 0 N–H and O–H groups in total. The van der Waals surface area contributed by atoms with Crippen LogP contribution >= 0.6 is 0 Å². The van der Waals surface area contributed by atoms with Gasteiger partial charge in [0.25, 0.3) is 0 Å². The average Bonchev–Trinajstić information content (AvgIpc) is 3.35. The molecule has 1 atom stereocenters. The van der Waals surface area contributed by atoms with Crippen LogP contribution in [0.5, 0.6) is 0 Å². The van der Waals surface area contributed by atoms with Crippen molar-refractivity contribution in [3.8, 4) is 5.82 Å². The van der Waals surface area contributed by atoms with Crippen molar-refractivity contribution in [3.05, 3.63) is 36.8 Å². The summed E-state index contributed by atoms with van der Waals surface area (Å²) in [5.74, 6) is 0.926. The molecule has 4 heterocycles. The molecule has 8 heteroatoms. The van der Waals surface area contributed by atoms with Crippen LogP contribution in [0.2, 0.25) is 0 Å². The van der Waals surface area contributed by atoms with Crippen LogP contribution < -0.4 is 0 Å². The summed E-state index contributed by atoms with van der Waals surface area (Å²) in [5.41, 5.74) is 0.915. The number of nitrogens with zero attached hydrogens (tertiary/aromatic N) is 6. The number of carbonyl (C=O) groups excluding carboxylic acids is 1. The highest BCUT2D eigenvalue weighted by Gasteiger charge is 2.30. The van der Waals surface area contributed by atoms with Crippen molar-refractivity contribution in [2.45, 2.75) is 18.9 Å². The molecule has 0 aliphatic carbocycles. The largest absolute Gasteiger partial charge is 0.378 e. The van der Waals surface area contributed by atoms with Crippen LogP contribution in [0, 0.1) is 0 Å². The zero-order valence-electron chi connectivity index (χ0n) is 14.1. The van der Waals surface area contributed by atoms with Crippen LogP contribution in [0.25, 0.3) is 5.82 Å². The highest BCUT2D eigenvalue weighted by molar-refractivity contribution is 5.78. The molecule has 0 bridgehead atoms. The van der Waals surface area contributed by atoms with Crippen molar-refractivity contribution in [1.82, 2.24) is 29.3 Å². The van der Waals surface area contributed by atoms with Crippen LogP contribution in [-0.2, 0) is 9.53 Å². The van der Waals surface area contributed by atoms with Crippen molar-refractivity contribution >= 4 is 5.91 Å². The molecular formula is C17H22N6O2. The summed E-state index contributed by atoms with van der Waals surface area (Å²) in [6.07, 6.45) is 10.9. The highest BCUT2D eigenvalue weighted by atomic mass is 16.5. The quantitative estimate of drug-likeness (QED) is 0.812. The first-order valence-corrected chi connectivity index (χ1v) is 8.71. The first-order valence-electron chi connectivity index (χ1n) is 8.71. The van der Waals surface area contributed by atoms with E-state index < -0.39 is 0 Å². The van der Waals surface area contributed by atoms with Gasteiger partial charge in [0.2, 0.25) is 5.91 Å². The summed E-state index contributed by atoms with van der Waals surface area (Å²) in [6, 6.07) is 0.140. The van der Waals surface area contributed by atoms with E-state index in [-0.39, 0.29) is 11.9 Å². The van der Waals surface area contributed by atoms with Crippen molar-refractivity contribution < 1.29 is 9.53 Å². The molecule has 2 aromatic rings. The van der Waals surface area contributed by atoms with E-state index in [1.165, 1.54) is 0 Å². The van der Waals surface area contributed by atoms with Crippen molar-refractivity contribution in [1.29, 1.82) is 0 Å². The number of rotatable bonds is 4. The molecule has 25 heavy (non-hydrogen) atoms. The van der Waals surface area contributed by atoms with Gasteiger partial charge in [-0.05, 0) is 19.4 Å². The number of imidazole rings is 1. The number of carbonyl (C=O) groups is 1. The summed E-state index contributed by atoms with van der Waals surface area (Å²) in [7, 11) is 0. The monoisotopic (exact) mass is 342 g/mol. The second-order valence-electron chi connectivity index (χ2n) is 6.39. The zero-order chi connectivity index (χ0) is 17.1. The van der Waals surface area contributed by atoms with Gasteiger partial charge < -0.3 is 9.64 Å². The van der Waals surface area contributed by atoms with Crippen molar-refractivity contribution in [2.24, 2.45) is 0 Å². The lowest BCUT2D eigenvalue weighted by Crippen LogP contribution is -2.45. The molecule has 8 nitrogen and oxygen atoms in total. The fraction of sp³-hybridized carbons (Fsp3) is 0.529. The third-order valence-electron chi connectivity index (χ3n) is 4.82. The Kier molecular flexibility index (Phi) is 4.71. The number of amides is 1. The van der Waals surface area contributed by atoms with Gasteiger partial charge in [0.1, 0.15) is 6.33 Å². The van der Waals surface area contributed by atoms with Crippen LogP contribution in [0.15, 0.2) is 31.1 Å². The summed E-state index contributed by atoms with van der Waals surface area (Å²) < 4.78 is 7.17. The standard InChI is InChI=1S/C17H22N6O2/c24-17(21-6-8-25-9-7-21)12-22-4-1-2-15(22)14-10-19-11-16(20-14)23-5-3-18-13-23/h3,5,10-11,13,15H,1-2,4,6-9,12H2. The lowest BCUT2D eigenvalue weighted by atomic mass is 10.1. The van der Waals surface area contributed by atoms with E-state index in [9.17, 15) is 4.79 Å². The maximum absolute atomic E-state index is 12.6. The molecule has 0 saturated carbocycles. The Bertz CT molecular complexity index is 714. The Morgan fingerprint density at radius 2 is 2.08 bits per heavy atom. The summed E-state index contributed by atoms with van der Waals surface area (Å²) in [6.45, 7) is 3.99. The Hall–Kier alpha value is -2.32. The molecule has 2 saturated heterocycles. The van der Waals surface area contributed by atoms with Crippen LogP contribution in [-0.4, -0.2) is 74.6 Å². The van der Waals surface area contributed by atoms with E-state index in [0.29, 0.717) is 32.8 Å². The predicted molar refractivity (Wildman–Crippen MR) is 90.1 cm³/mol. The Labute approximate surface area is 146 Å². The third-order valence-corrected chi connectivity index (χ3v) is 4.82. The number of ether oxygens (including phenoxy) is 1. The van der Waals surface area contributed by atoms with E-state index in [1.54, 1.807) is 18.7 Å². The summed E-state index contributed by atoms with van der Waals surface area (Å²) in [4.78, 5) is 29.8. The summed E-state index contributed by atoms with van der Waals surface area (Å²) >= 11 is 0. The van der Waals surface area contributed by atoms with E-state index in [4.69, 9.17) is 9.72 Å². The van der Waals surface area contributed by atoms with Gasteiger partial charge >= 0.3 is 0 Å². The molecule has 2 fully saturated rings. The third kappa shape index (κ3) is 3.54. The second-order valence-corrected chi connectivity index (χ2v) is 6.39. The van der Waals surface area contributed by atoms with Gasteiger partial charge in [0.05, 0.1) is 43.9 Å².